The van der Waals surface area contributed by atoms with Crippen molar-refractivity contribution in [3.05, 3.63) is 0 Å². The molecule has 0 spiro atoms. The van der Waals surface area contributed by atoms with E-state index in [1.54, 1.807) is 13.8 Å². The van der Waals surface area contributed by atoms with Crippen molar-refractivity contribution in [2.45, 2.75) is 38.1 Å². The summed E-state index contributed by atoms with van der Waals surface area (Å²) in [5.74, 6) is 0.0457. The Morgan fingerprint density at radius 2 is 1.82 bits per heavy atom. The maximum absolute atomic E-state index is 11.7. The van der Waals surface area contributed by atoms with Crippen molar-refractivity contribution in [2.75, 3.05) is 12.8 Å². The Kier molecular flexibility index (Phi) is 6.10. The average molecular weight is 329 g/mol. The Bertz CT molecular complexity index is 366. The Morgan fingerprint density at radius 3 is 2.18 bits per heavy atom. The van der Waals surface area contributed by atoms with Gasteiger partial charge in [0.05, 0.1) is 11.1 Å². The molecule has 0 heterocycles. The lowest BCUT2D eigenvalue weighted by molar-refractivity contribution is -0.121. The maximum atomic E-state index is 11.7. The largest absolute Gasteiger partial charge is 0.353 e. The van der Waals surface area contributed by atoms with E-state index >= 15 is 0 Å². The van der Waals surface area contributed by atoms with Crippen LogP contribution in [0.15, 0.2) is 0 Å². The second kappa shape index (κ2) is 6.15. The lowest BCUT2D eigenvalue weighted by Gasteiger charge is -2.26. The molecule has 17 heavy (non-hydrogen) atoms. The predicted octanol–water partition coefficient (Wildman–Crippen LogP) is 0.850. The molecule has 0 fully saturated rings. The molecule has 0 aliphatic rings. The minimum absolute atomic E-state index is 0.136. The van der Waals surface area contributed by atoms with Gasteiger partial charge in [0.2, 0.25) is 15.9 Å². The van der Waals surface area contributed by atoms with Gasteiger partial charge in [-0.25, -0.2) is 13.1 Å². The SMILES string of the molecule is CC(C)C(Br)C(=O)NCC(C)(C)NS(C)(=O)=O. The van der Waals surface area contributed by atoms with E-state index in [2.05, 4.69) is 26.0 Å². The fourth-order valence-electron chi connectivity index (χ4n) is 1.25. The third kappa shape index (κ3) is 7.72. The Labute approximate surface area is 112 Å². The van der Waals surface area contributed by atoms with Crippen LogP contribution in [0.2, 0.25) is 0 Å². The van der Waals surface area contributed by atoms with E-state index in [0.717, 1.165) is 6.26 Å². The van der Waals surface area contributed by atoms with Crippen LogP contribution in [0, 0.1) is 5.92 Å². The Morgan fingerprint density at radius 1 is 1.35 bits per heavy atom. The summed E-state index contributed by atoms with van der Waals surface area (Å²) in [6.45, 7) is 7.53. The van der Waals surface area contributed by atoms with Crippen LogP contribution < -0.4 is 10.0 Å². The van der Waals surface area contributed by atoms with Gasteiger partial charge >= 0.3 is 0 Å². The van der Waals surface area contributed by atoms with E-state index in [0.29, 0.717) is 0 Å². The first kappa shape index (κ1) is 16.9. The van der Waals surface area contributed by atoms with Crippen LogP contribution in [0.1, 0.15) is 27.7 Å². The van der Waals surface area contributed by atoms with Crippen LogP contribution in [0.25, 0.3) is 0 Å². The van der Waals surface area contributed by atoms with Crippen molar-refractivity contribution in [2.24, 2.45) is 5.92 Å². The molecule has 0 rings (SSSR count). The molecule has 1 unspecified atom stereocenters. The van der Waals surface area contributed by atoms with Crippen LogP contribution in [-0.4, -0.2) is 37.5 Å². The first-order chi connectivity index (χ1) is 7.44. The van der Waals surface area contributed by atoms with Crippen LogP contribution in [0.4, 0.5) is 0 Å². The topological polar surface area (TPSA) is 75.3 Å². The fraction of sp³-hybridized carbons (Fsp3) is 0.900. The molecule has 2 N–H and O–H groups in total. The van der Waals surface area contributed by atoms with Crippen molar-refractivity contribution >= 4 is 31.9 Å². The van der Waals surface area contributed by atoms with E-state index in [9.17, 15) is 13.2 Å². The van der Waals surface area contributed by atoms with E-state index in [4.69, 9.17) is 0 Å². The number of amides is 1. The number of hydrogen-bond acceptors (Lipinski definition) is 3. The molecule has 0 aromatic carbocycles. The number of rotatable bonds is 6. The fourth-order valence-corrected chi connectivity index (χ4v) is 2.48. The van der Waals surface area contributed by atoms with Gasteiger partial charge in [-0.3, -0.25) is 4.79 Å². The molecular formula is C10H21BrN2O3S. The standard InChI is InChI=1S/C10H21BrN2O3S/c1-7(2)8(11)9(14)12-6-10(3,4)13-17(5,15)16/h7-8,13H,6H2,1-5H3,(H,12,14). The van der Waals surface area contributed by atoms with Gasteiger partial charge in [-0.15, -0.1) is 0 Å². The quantitative estimate of drug-likeness (QED) is 0.710. The van der Waals surface area contributed by atoms with Crippen molar-refractivity contribution in [1.29, 1.82) is 0 Å². The van der Waals surface area contributed by atoms with Crippen LogP contribution in [0.5, 0.6) is 0 Å². The van der Waals surface area contributed by atoms with E-state index < -0.39 is 15.6 Å². The first-order valence-corrected chi connectivity index (χ1v) is 8.16. The molecule has 1 atom stereocenters. The number of sulfonamides is 1. The Balaban J connectivity index is 4.33. The molecule has 0 aliphatic carbocycles. The molecule has 5 nitrogen and oxygen atoms in total. The number of nitrogens with one attached hydrogen (secondary N) is 2. The summed E-state index contributed by atoms with van der Waals surface area (Å²) in [5, 5.41) is 2.71. The van der Waals surface area contributed by atoms with Gasteiger partial charge < -0.3 is 5.32 Å². The monoisotopic (exact) mass is 328 g/mol. The summed E-state index contributed by atoms with van der Waals surface area (Å²) in [7, 11) is -3.28. The zero-order valence-electron chi connectivity index (χ0n) is 10.9. The van der Waals surface area contributed by atoms with Gasteiger partial charge in [-0.2, -0.15) is 0 Å². The first-order valence-electron chi connectivity index (χ1n) is 5.35. The number of carbonyl (C=O) groups is 1. The van der Waals surface area contributed by atoms with Gasteiger partial charge in [-0.05, 0) is 19.8 Å². The molecular weight excluding hydrogens is 308 g/mol. The zero-order chi connectivity index (χ0) is 13.9. The molecule has 0 aliphatic heterocycles. The highest BCUT2D eigenvalue weighted by atomic mass is 79.9. The third-order valence-corrected chi connectivity index (χ3v) is 4.40. The van der Waals surface area contributed by atoms with Crippen LogP contribution in [-0.2, 0) is 14.8 Å². The molecule has 102 valence electrons. The lowest BCUT2D eigenvalue weighted by atomic mass is 10.1. The smallest absolute Gasteiger partial charge is 0.234 e. The average Bonchev–Trinajstić information content (AvgIpc) is 2.09. The van der Waals surface area contributed by atoms with Crippen LogP contribution in [0.3, 0.4) is 0 Å². The number of carbonyl (C=O) groups excluding carboxylic acids is 1. The van der Waals surface area contributed by atoms with E-state index in [1.807, 2.05) is 13.8 Å². The molecule has 7 heteroatoms. The minimum atomic E-state index is -3.28. The summed E-state index contributed by atoms with van der Waals surface area (Å²) in [6.07, 6.45) is 1.10. The van der Waals surface area contributed by atoms with E-state index in [-0.39, 0.29) is 23.2 Å². The third-order valence-electron chi connectivity index (χ3n) is 2.00. The van der Waals surface area contributed by atoms with Gasteiger partial charge in [0.1, 0.15) is 0 Å². The van der Waals surface area contributed by atoms with Gasteiger partial charge in [0.15, 0.2) is 0 Å². The van der Waals surface area contributed by atoms with Crippen LogP contribution >= 0.6 is 15.9 Å². The molecule has 0 aromatic heterocycles. The molecule has 0 radical (unpaired) electrons. The lowest BCUT2D eigenvalue weighted by Crippen LogP contribution is -2.52. The molecule has 0 bridgehead atoms. The second-order valence-electron chi connectivity index (χ2n) is 5.12. The number of alkyl halides is 1. The summed E-state index contributed by atoms with van der Waals surface area (Å²) >= 11 is 3.29. The van der Waals surface area contributed by atoms with Crippen molar-refractivity contribution in [1.82, 2.24) is 10.0 Å². The minimum Gasteiger partial charge on any atom is -0.353 e. The van der Waals surface area contributed by atoms with Crippen molar-refractivity contribution in [3.8, 4) is 0 Å². The molecule has 0 saturated carbocycles. The van der Waals surface area contributed by atoms with Crippen molar-refractivity contribution < 1.29 is 13.2 Å². The van der Waals surface area contributed by atoms with Gasteiger partial charge in [0, 0.05) is 12.1 Å². The van der Waals surface area contributed by atoms with Gasteiger partial charge in [-0.1, -0.05) is 29.8 Å². The summed E-state index contributed by atoms with van der Waals surface area (Å²) in [5.41, 5.74) is -0.701. The summed E-state index contributed by atoms with van der Waals surface area (Å²) in [4.78, 5) is 11.4. The highest BCUT2D eigenvalue weighted by molar-refractivity contribution is 9.10. The van der Waals surface area contributed by atoms with E-state index in [1.165, 1.54) is 0 Å². The molecule has 1 amide bonds. The zero-order valence-corrected chi connectivity index (χ0v) is 13.3. The highest BCUT2D eigenvalue weighted by Gasteiger charge is 2.25. The molecule has 0 aromatic rings. The maximum Gasteiger partial charge on any atom is 0.234 e. The normalized spacial score (nSPS) is 14.8. The summed E-state index contributed by atoms with van der Waals surface area (Å²) < 4.78 is 24.7. The van der Waals surface area contributed by atoms with Crippen molar-refractivity contribution in [3.63, 3.8) is 0 Å². The summed E-state index contributed by atoms with van der Waals surface area (Å²) in [6, 6.07) is 0. The van der Waals surface area contributed by atoms with Gasteiger partial charge in [0.25, 0.3) is 0 Å². The second-order valence-corrected chi connectivity index (χ2v) is 7.86. The number of halogens is 1. The Hall–Kier alpha value is -0.140. The molecule has 0 saturated heterocycles. The highest BCUT2D eigenvalue weighted by Crippen LogP contribution is 2.12. The predicted molar refractivity (Wildman–Crippen MR) is 72.6 cm³/mol. The number of hydrogen-bond donors (Lipinski definition) is 2.